The normalized spacial score (nSPS) is 18.4. The predicted octanol–water partition coefficient (Wildman–Crippen LogP) is 6.05. The average molecular weight is 544 g/mol. The molecular weight excluding hydrogens is 518 g/mol. The third-order valence-electron chi connectivity index (χ3n) is 6.47. The van der Waals surface area contributed by atoms with Crippen LogP contribution in [0.1, 0.15) is 32.9 Å². The van der Waals surface area contributed by atoms with Gasteiger partial charge in [0, 0.05) is 22.5 Å². The highest BCUT2D eigenvalue weighted by molar-refractivity contribution is 7.15. The molecule has 4 aromatic heterocycles. The van der Waals surface area contributed by atoms with Crippen molar-refractivity contribution < 1.29 is 18.9 Å². The minimum Gasteiger partial charge on any atom is -0.380 e. The van der Waals surface area contributed by atoms with E-state index >= 15 is 0 Å². The van der Waals surface area contributed by atoms with Gasteiger partial charge in [-0.3, -0.25) is 4.98 Å². The van der Waals surface area contributed by atoms with Crippen LogP contribution in [0.4, 0.5) is 0 Å². The van der Waals surface area contributed by atoms with Crippen LogP contribution in [-0.2, 0) is 18.9 Å². The van der Waals surface area contributed by atoms with Gasteiger partial charge in [-0.15, -0.1) is 22.7 Å². The fraction of sp³-hybridized carbons (Fsp3) is 0.241. The Morgan fingerprint density at radius 3 is 2.13 bits per heavy atom. The molecule has 7 nitrogen and oxygen atoms in total. The summed E-state index contributed by atoms with van der Waals surface area (Å²) < 4.78 is 22.8. The van der Waals surface area contributed by atoms with E-state index in [1.165, 1.54) is 4.88 Å². The second kappa shape index (κ2) is 10.5. The molecule has 0 bridgehead atoms. The van der Waals surface area contributed by atoms with E-state index in [9.17, 15) is 0 Å². The number of thiophene rings is 2. The summed E-state index contributed by atoms with van der Waals surface area (Å²) in [4.78, 5) is 14.1. The second-order valence-electron chi connectivity index (χ2n) is 8.99. The molecule has 0 amide bonds. The number of hydrogen-bond donors (Lipinski definition) is 1. The summed E-state index contributed by atoms with van der Waals surface area (Å²) >= 11 is 3.39. The van der Waals surface area contributed by atoms with E-state index in [-0.39, 0.29) is 12.6 Å². The number of rotatable bonds is 6. The van der Waals surface area contributed by atoms with Crippen LogP contribution in [0.5, 0.6) is 0 Å². The topological polar surface area (TPSA) is 74.7 Å². The van der Waals surface area contributed by atoms with Crippen LogP contribution in [0, 0.1) is 0 Å². The lowest BCUT2D eigenvalue weighted by atomic mass is 10.0. The van der Waals surface area contributed by atoms with Crippen molar-refractivity contribution in [1.82, 2.24) is 15.3 Å². The average Bonchev–Trinajstić information content (AvgIpc) is 3.79. The number of pyridine rings is 2. The van der Waals surface area contributed by atoms with Crippen LogP contribution in [0.15, 0.2) is 72.9 Å². The Labute approximate surface area is 228 Å². The Balaban J connectivity index is 1.25. The zero-order chi connectivity index (χ0) is 25.3. The molecule has 3 aliphatic rings. The minimum absolute atomic E-state index is 0.255. The van der Waals surface area contributed by atoms with Crippen molar-refractivity contribution in [2.24, 2.45) is 0 Å². The molecule has 0 atom stereocenters. The maximum atomic E-state index is 5.71. The first kappa shape index (κ1) is 23.9. The van der Waals surface area contributed by atoms with E-state index in [1.54, 1.807) is 28.9 Å². The number of dihydropyridines is 1. The Morgan fingerprint density at radius 2 is 1.42 bits per heavy atom. The van der Waals surface area contributed by atoms with E-state index in [0.29, 0.717) is 26.4 Å². The highest BCUT2D eigenvalue weighted by Crippen LogP contribution is 2.38. The highest BCUT2D eigenvalue weighted by Gasteiger charge is 2.23. The summed E-state index contributed by atoms with van der Waals surface area (Å²) in [5.41, 5.74) is 5.75. The molecule has 38 heavy (non-hydrogen) atoms. The van der Waals surface area contributed by atoms with Crippen molar-refractivity contribution in [1.29, 1.82) is 0 Å². The molecule has 0 aromatic carbocycles. The Kier molecular flexibility index (Phi) is 6.62. The molecule has 9 heteroatoms. The molecule has 0 radical (unpaired) electrons. The SMILES string of the molecule is C1=C(c2cc(-c3ccc(C4OCCO4)s3)cc(-c3ccccn3)n2)NCC=C1c1ccc(C2OCCO2)s1. The van der Waals surface area contributed by atoms with E-state index in [1.807, 2.05) is 18.2 Å². The number of allylic oxidation sites excluding steroid dienone is 2. The van der Waals surface area contributed by atoms with E-state index in [4.69, 9.17) is 23.9 Å². The summed E-state index contributed by atoms with van der Waals surface area (Å²) in [5, 5.41) is 3.52. The predicted molar refractivity (Wildman–Crippen MR) is 148 cm³/mol. The summed E-state index contributed by atoms with van der Waals surface area (Å²) in [6, 6.07) is 18.6. The maximum Gasteiger partial charge on any atom is 0.193 e. The fourth-order valence-electron chi connectivity index (χ4n) is 4.64. The first-order valence-corrected chi connectivity index (χ1v) is 14.2. The van der Waals surface area contributed by atoms with Gasteiger partial charge in [0.2, 0.25) is 0 Å². The van der Waals surface area contributed by atoms with Gasteiger partial charge in [0.1, 0.15) is 0 Å². The summed E-state index contributed by atoms with van der Waals surface area (Å²) in [7, 11) is 0. The number of nitrogens with zero attached hydrogens (tertiary/aromatic N) is 2. The van der Waals surface area contributed by atoms with Crippen molar-refractivity contribution in [3.63, 3.8) is 0 Å². The van der Waals surface area contributed by atoms with Gasteiger partial charge in [-0.2, -0.15) is 0 Å². The summed E-state index contributed by atoms with van der Waals surface area (Å²) in [6.45, 7) is 3.25. The molecule has 2 fully saturated rings. The van der Waals surface area contributed by atoms with Crippen molar-refractivity contribution in [2.75, 3.05) is 33.0 Å². The van der Waals surface area contributed by atoms with E-state index in [0.717, 1.165) is 55.1 Å². The van der Waals surface area contributed by atoms with Gasteiger partial charge in [-0.1, -0.05) is 12.1 Å². The third kappa shape index (κ3) is 4.84. The number of nitrogens with one attached hydrogen (secondary N) is 1. The van der Waals surface area contributed by atoms with E-state index in [2.05, 4.69) is 58.9 Å². The van der Waals surface area contributed by atoms with Crippen LogP contribution < -0.4 is 5.32 Å². The largest absolute Gasteiger partial charge is 0.380 e. The molecule has 1 N–H and O–H groups in total. The van der Waals surface area contributed by atoms with Crippen LogP contribution >= 0.6 is 22.7 Å². The smallest absolute Gasteiger partial charge is 0.193 e. The van der Waals surface area contributed by atoms with Gasteiger partial charge in [0.25, 0.3) is 0 Å². The van der Waals surface area contributed by atoms with Gasteiger partial charge in [-0.25, -0.2) is 4.98 Å². The Morgan fingerprint density at radius 1 is 0.737 bits per heavy atom. The summed E-state index contributed by atoms with van der Waals surface area (Å²) in [6.07, 6.45) is 5.63. The van der Waals surface area contributed by atoms with Crippen molar-refractivity contribution in [3.05, 3.63) is 93.3 Å². The van der Waals surface area contributed by atoms with Crippen LogP contribution in [0.2, 0.25) is 0 Å². The number of aromatic nitrogens is 2. The van der Waals surface area contributed by atoms with Gasteiger partial charge in [0.05, 0.1) is 59.0 Å². The minimum atomic E-state index is -0.281. The zero-order valence-electron chi connectivity index (χ0n) is 20.5. The van der Waals surface area contributed by atoms with Crippen molar-refractivity contribution in [3.8, 4) is 21.8 Å². The maximum absolute atomic E-state index is 5.71. The molecule has 7 rings (SSSR count). The van der Waals surface area contributed by atoms with Crippen molar-refractivity contribution >= 4 is 33.9 Å². The zero-order valence-corrected chi connectivity index (χ0v) is 22.1. The first-order valence-electron chi connectivity index (χ1n) is 12.6. The quantitative estimate of drug-likeness (QED) is 0.317. The molecular formula is C29H25N3O4S2. The van der Waals surface area contributed by atoms with E-state index < -0.39 is 0 Å². The molecule has 0 saturated carbocycles. The highest BCUT2D eigenvalue weighted by atomic mass is 32.1. The number of ether oxygens (including phenoxy) is 4. The lowest BCUT2D eigenvalue weighted by molar-refractivity contribution is -0.0415. The lowest BCUT2D eigenvalue weighted by Gasteiger charge is -2.17. The molecule has 7 heterocycles. The van der Waals surface area contributed by atoms with Crippen LogP contribution in [0.25, 0.3) is 33.1 Å². The monoisotopic (exact) mass is 543 g/mol. The van der Waals surface area contributed by atoms with Gasteiger partial charge >= 0.3 is 0 Å². The number of hydrogen-bond acceptors (Lipinski definition) is 9. The van der Waals surface area contributed by atoms with Crippen LogP contribution in [0.3, 0.4) is 0 Å². The first-order chi connectivity index (χ1) is 18.8. The van der Waals surface area contributed by atoms with Gasteiger partial charge in [-0.05, 0) is 65.7 Å². The molecule has 192 valence electrons. The van der Waals surface area contributed by atoms with Crippen LogP contribution in [-0.4, -0.2) is 42.9 Å². The molecule has 2 saturated heterocycles. The third-order valence-corrected chi connectivity index (χ3v) is 8.79. The Hall–Kier alpha value is -3.18. The molecule has 0 unspecified atom stereocenters. The fourth-order valence-corrected chi connectivity index (χ4v) is 6.66. The van der Waals surface area contributed by atoms with Crippen molar-refractivity contribution in [2.45, 2.75) is 12.6 Å². The molecule has 3 aliphatic heterocycles. The van der Waals surface area contributed by atoms with Gasteiger partial charge in [0.15, 0.2) is 12.6 Å². The molecule has 0 aliphatic carbocycles. The molecule has 4 aromatic rings. The summed E-state index contributed by atoms with van der Waals surface area (Å²) in [5.74, 6) is 0. The second-order valence-corrected chi connectivity index (χ2v) is 11.2. The molecule has 0 spiro atoms. The van der Waals surface area contributed by atoms with Gasteiger partial charge < -0.3 is 24.3 Å². The Bertz CT molecular complexity index is 1500. The lowest BCUT2D eigenvalue weighted by Crippen LogP contribution is -2.17. The standard InChI is InChI=1S/C29H25N3O4S2/c1-2-9-30-20(3-1)22-16-19(25-5-7-27(38-25)29-35-13-14-36-29)17-23(32-22)21-15-18(8-10-31-21)24-4-6-26(37-24)28-33-11-12-34-28/h1-9,15-17,28-29,31H,10-14H2.